The third-order valence-electron chi connectivity index (χ3n) is 3.05. The van der Waals surface area contributed by atoms with E-state index in [1.807, 2.05) is 0 Å². The third-order valence-corrected chi connectivity index (χ3v) is 3.25. The predicted octanol–water partition coefficient (Wildman–Crippen LogP) is 2.08. The maximum atomic E-state index is 11.8. The van der Waals surface area contributed by atoms with Crippen molar-refractivity contribution in [3.05, 3.63) is 54.1 Å². The van der Waals surface area contributed by atoms with Gasteiger partial charge < -0.3 is 19.9 Å². The maximum absolute atomic E-state index is 11.8. The van der Waals surface area contributed by atoms with Crippen LogP contribution in [0.3, 0.4) is 0 Å². The Kier molecular flexibility index (Phi) is 6.53. The van der Waals surface area contributed by atoms with E-state index in [4.69, 9.17) is 26.8 Å². The molecule has 0 unspecified atom stereocenters. The van der Waals surface area contributed by atoms with E-state index < -0.39 is 0 Å². The number of ether oxygens (including phenoxy) is 2. The van der Waals surface area contributed by atoms with Gasteiger partial charge in [0, 0.05) is 5.69 Å². The molecule has 24 heavy (non-hydrogen) atoms. The zero-order valence-electron chi connectivity index (χ0n) is 13.1. The SMILES string of the molecule is COc1ccc(OCC(=O)NC(=S)Nc2cccc(CO)c2)cc1. The van der Waals surface area contributed by atoms with Crippen LogP contribution in [0.15, 0.2) is 48.5 Å². The van der Waals surface area contributed by atoms with Crippen LogP contribution in [0.4, 0.5) is 5.69 Å². The second kappa shape index (κ2) is 8.85. The Balaban J connectivity index is 1.79. The molecule has 0 atom stereocenters. The average molecular weight is 346 g/mol. The van der Waals surface area contributed by atoms with Gasteiger partial charge in [-0.05, 0) is 54.2 Å². The Morgan fingerprint density at radius 2 is 1.88 bits per heavy atom. The van der Waals surface area contributed by atoms with Crippen molar-refractivity contribution in [1.29, 1.82) is 0 Å². The van der Waals surface area contributed by atoms with Crippen LogP contribution in [0.5, 0.6) is 11.5 Å². The van der Waals surface area contributed by atoms with E-state index in [2.05, 4.69) is 10.6 Å². The smallest absolute Gasteiger partial charge is 0.264 e. The Hall–Kier alpha value is -2.64. The average Bonchev–Trinajstić information content (AvgIpc) is 2.60. The van der Waals surface area contributed by atoms with Gasteiger partial charge in [0.05, 0.1) is 13.7 Å². The van der Waals surface area contributed by atoms with Crippen molar-refractivity contribution in [1.82, 2.24) is 5.32 Å². The molecule has 126 valence electrons. The molecule has 0 spiro atoms. The molecule has 0 aliphatic heterocycles. The molecule has 0 bridgehead atoms. The molecule has 0 heterocycles. The standard InChI is InChI=1S/C17H18N2O4S/c1-22-14-5-7-15(8-6-14)23-11-16(21)19-17(24)18-13-4-2-3-12(9-13)10-20/h2-9,20H,10-11H2,1H3,(H2,18,19,21,24). The van der Waals surface area contributed by atoms with Gasteiger partial charge in [0.15, 0.2) is 11.7 Å². The molecule has 6 nitrogen and oxygen atoms in total. The highest BCUT2D eigenvalue weighted by Crippen LogP contribution is 2.16. The number of nitrogens with one attached hydrogen (secondary N) is 2. The molecule has 0 saturated carbocycles. The predicted molar refractivity (Wildman–Crippen MR) is 95.2 cm³/mol. The van der Waals surface area contributed by atoms with Gasteiger partial charge in [-0.15, -0.1) is 0 Å². The minimum absolute atomic E-state index is 0.0651. The lowest BCUT2D eigenvalue weighted by molar-refractivity contribution is -0.121. The van der Waals surface area contributed by atoms with Crippen molar-refractivity contribution >= 4 is 28.9 Å². The molecule has 2 aromatic rings. The molecule has 2 aromatic carbocycles. The van der Waals surface area contributed by atoms with E-state index in [9.17, 15) is 4.79 Å². The fourth-order valence-corrected chi connectivity index (χ4v) is 2.13. The quantitative estimate of drug-likeness (QED) is 0.695. The van der Waals surface area contributed by atoms with Gasteiger partial charge in [-0.1, -0.05) is 12.1 Å². The zero-order chi connectivity index (χ0) is 17.4. The Morgan fingerprint density at radius 3 is 2.54 bits per heavy atom. The number of thiocarbonyl (C=S) groups is 1. The first-order chi connectivity index (χ1) is 11.6. The molecule has 0 aliphatic rings. The van der Waals surface area contributed by atoms with Crippen molar-refractivity contribution < 1.29 is 19.4 Å². The van der Waals surface area contributed by atoms with Crippen LogP contribution in [0.2, 0.25) is 0 Å². The first-order valence-electron chi connectivity index (χ1n) is 7.18. The summed E-state index contributed by atoms with van der Waals surface area (Å²) in [5.41, 5.74) is 1.43. The Bertz CT molecular complexity index is 704. The van der Waals surface area contributed by atoms with E-state index >= 15 is 0 Å². The number of methoxy groups -OCH3 is 1. The largest absolute Gasteiger partial charge is 0.497 e. The van der Waals surface area contributed by atoms with Crippen molar-refractivity contribution in [2.45, 2.75) is 6.61 Å². The summed E-state index contributed by atoms with van der Waals surface area (Å²) in [5.74, 6) is 0.893. The lowest BCUT2D eigenvalue weighted by Crippen LogP contribution is -2.37. The Morgan fingerprint density at radius 1 is 1.17 bits per heavy atom. The van der Waals surface area contributed by atoms with Crippen LogP contribution >= 0.6 is 12.2 Å². The van der Waals surface area contributed by atoms with Crippen LogP contribution in [0.1, 0.15) is 5.56 Å². The second-order valence-corrected chi connectivity index (χ2v) is 5.23. The fourth-order valence-electron chi connectivity index (χ4n) is 1.89. The van der Waals surface area contributed by atoms with Crippen LogP contribution in [-0.2, 0) is 11.4 Å². The highest BCUT2D eigenvalue weighted by molar-refractivity contribution is 7.80. The van der Waals surface area contributed by atoms with Gasteiger partial charge in [-0.3, -0.25) is 10.1 Å². The molecule has 0 aromatic heterocycles. The molecular formula is C17H18N2O4S. The molecule has 3 N–H and O–H groups in total. The molecule has 0 saturated heterocycles. The zero-order valence-corrected chi connectivity index (χ0v) is 13.9. The minimum Gasteiger partial charge on any atom is -0.497 e. The number of amides is 1. The van der Waals surface area contributed by atoms with Gasteiger partial charge >= 0.3 is 0 Å². The summed E-state index contributed by atoms with van der Waals surface area (Å²) >= 11 is 5.08. The van der Waals surface area contributed by atoms with Crippen molar-refractivity contribution in [2.24, 2.45) is 0 Å². The minimum atomic E-state index is -0.373. The topological polar surface area (TPSA) is 79.8 Å². The number of hydrogen-bond donors (Lipinski definition) is 3. The summed E-state index contributed by atoms with van der Waals surface area (Å²) in [4.78, 5) is 11.8. The van der Waals surface area contributed by atoms with E-state index in [0.29, 0.717) is 17.2 Å². The molecule has 1 amide bonds. The van der Waals surface area contributed by atoms with Crippen LogP contribution in [-0.4, -0.2) is 29.8 Å². The highest BCUT2D eigenvalue weighted by atomic mass is 32.1. The van der Waals surface area contributed by atoms with Crippen LogP contribution in [0, 0.1) is 0 Å². The first-order valence-corrected chi connectivity index (χ1v) is 7.59. The third kappa shape index (κ3) is 5.53. The summed E-state index contributed by atoms with van der Waals surface area (Å²) in [6.45, 7) is -0.227. The van der Waals surface area contributed by atoms with E-state index in [0.717, 1.165) is 5.56 Å². The van der Waals surface area contributed by atoms with Crippen LogP contribution < -0.4 is 20.1 Å². The lowest BCUT2D eigenvalue weighted by atomic mass is 10.2. The molecule has 2 rings (SSSR count). The fraction of sp³-hybridized carbons (Fsp3) is 0.176. The number of rotatable bonds is 6. The molecule has 7 heteroatoms. The number of benzene rings is 2. The normalized spacial score (nSPS) is 9.92. The summed E-state index contributed by atoms with van der Waals surface area (Å²) < 4.78 is 10.4. The van der Waals surface area contributed by atoms with Gasteiger partial charge in [0.25, 0.3) is 5.91 Å². The van der Waals surface area contributed by atoms with Crippen molar-refractivity contribution in [2.75, 3.05) is 19.0 Å². The Labute approximate surface area is 145 Å². The molecule has 0 fully saturated rings. The summed E-state index contributed by atoms with van der Waals surface area (Å²) in [5, 5.41) is 14.7. The number of anilines is 1. The second-order valence-electron chi connectivity index (χ2n) is 4.82. The number of aliphatic hydroxyl groups excluding tert-OH is 1. The number of hydrogen-bond acceptors (Lipinski definition) is 5. The van der Waals surface area contributed by atoms with Crippen molar-refractivity contribution in [3.63, 3.8) is 0 Å². The summed E-state index contributed by atoms with van der Waals surface area (Å²) in [6.07, 6.45) is 0. The lowest BCUT2D eigenvalue weighted by Gasteiger charge is -2.11. The molecule has 0 aliphatic carbocycles. The van der Waals surface area contributed by atoms with Gasteiger partial charge in [0.2, 0.25) is 0 Å². The highest BCUT2D eigenvalue weighted by Gasteiger charge is 2.06. The van der Waals surface area contributed by atoms with Gasteiger partial charge in [0.1, 0.15) is 11.5 Å². The number of aliphatic hydroxyl groups is 1. The summed E-state index contributed by atoms with van der Waals surface area (Å²) in [7, 11) is 1.58. The van der Waals surface area contributed by atoms with Crippen molar-refractivity contribution in [3.8, 4) is 11.5 Å². The van der Waals surface area contributed by atoms with E-state index in [1.54, 1.807) is 55.6 Å². The molecular weight excluding hydrogens is 328 g/mol. The first kappa shape index (κ1) is 17.7. The monoisotopic (exact) mass is 346 g/mol. The van der Waals surface area contributed by atoms with Gasteiger partial charge in [-0.2, -0.15) is 0 Å². The maximum Gasteiger partial charge on any atom is 0.264 e. The van der Waals surface area contributed by atoms with E-state index in [1.165, 1.54) is 0 Å². The van der Waals surface area contributed by atoms with E-state index in [-0.39, 0.29) is 24.2 Å². The van der Waals surface area contributed by atoms with Gasteiger partial charge in [-0.25, -0.2) is 0 Å². The number of carbonyl (C=O) groups is 1. The number of carbonyl (C=O) groups excluding carboxylic acids is 1. The summed E-state index contributed by atoms with van der Waals surface area (Å²) in [6, 6.07) is 14.0. The molecule has 0 radical (unpaired) electrons. The van der Waals surface area contributed by atoms with Crippen LogP contribution in [0.25, 0.3) is 0 Å².